The van der Waals surface area contributed by atoms with Crippen LogP contribution in [0.25, 0.3) is 11.5 Å². The number of nitrogens with zero attached hydrogens (tertiary/aromatic N) is 2. The van der Waals surface area contributed by atoms with E-state index in [4.69, 9.17) is 4.42 Å². The van der Waals surface area contributed by atoms with Gasteiger partial charge in [0.2, 0.25) is 11.8 Å². The molecule has 3 aromatic rings. The summed E-state index contributed by atoms with van der Waals surface area (Å²) in [5, 5.41) is 9.00. The number of hydrogen-bond donors (Lipinski definition) is 3. The van der Waals surface area contributed by atoms with Gasteiger partial charge < -0.3 is 20.4 Å². The van der Waals surface area contributed by atoms with E-state index in [0.717, 1.165) is 23.4 Å². The van der Waals surface area contributed by atoms with E-state index in [1.807, 2.05) is 54.6 Å². The third-order valence-electron chi connectivity index (χ3n) is 4.27. The zero-order valence-electron chi connectivity index (χ0n) is 16.6. The molecule has 0 aliphatic heterocycles. The number of anilines is 1. The van der Waals surface area contributed by atoms with Crippen LogP contribution in [0, 0.1) is 0 Å². The van der Waals surface area contributed by atoms with Gasteiger partial charge in [-0.3, -0.25) is 9.79 Å². The Kier molecular flexibility index (Phi) is 7.00. The highest BCUT2D eigenvalue weighted by atomic mass is 16.3. The Bertz CT molecular complexity index is 966. The summed E-state index contributed by atoms with van der Waals surface area (Å²) in [6.07, 6.45) is 2.53. The van der Waals surface area contributed by atoms with Gasteiger partial charge >= 0.3 is 0 Å². The van der Waals surface area contributed by atoms with Gasteiger partial charge in [-0.25, -0.2) is 4.98 Å². The van der Waals surface area contributed by atoms with Crippen LogP contribution >= 0.6 is 0 Å². The van der Waals surface area contributed by atoms with E-state index in [0.29, 0.717) is 18.4 Å². The number of aryl methyl sites for hydroxylation is 1. The summed E-state index contributed by atoms with van der Waals surface area (Å²) in [5.41, 5.74) is 3.63. The van der Waals surface area contributed by atoms with E-state index in [9.17, 15) is 4.79 Å². The zero-order valence-corrected chi connectivity index (χ0v) is 16.6. The van der Waals surface area contributed by atoms with Crippen LogP contribution in [0.2, 0.25) is 0 Å². The SMILES string of the molecule is CCc1cccc(NC(=O)CNC(=NC)NCc2coc(-c3ccccc3)n2)c1. The molecule has 1 amide bonds. The van der Waals surface area contributed by atoms with Crippen LogP contribution in [-0.4, -0.2) is 30.4 Å². The molecule has 7 nitrogen and oxygen atoms in total. The van der Waals surface area contributed by atoms with Crippen molar-refractivity contribution in [1.29, 1.82) is 0 Å². The van der Waals surface area contributed by atoms with Crippen LogP contribution in [-0.2, 0) is 17.8 Å². The molecular weight excluding hydrogens is 366 g/mol. The number of aliphatic imine (C=N–C) groups is 1. The Labute approximate surface area is 170 Å². The molecular formula is C22H25N5O2. The fraction of sp³-hybridized carbons (Fsp3) is 0.227. The lowest BCUT2D eigenvalue weighted by Crippen LogP contribution is -2.41. The molecule has 0 fully saturated rings. The maximum atomic E-state index is 12.2. The summed E-state index contributed by atoms with van der Waals surface area (Å²) in [7, 11) is 1.65. The number of rotatable bonds is 7. The fourth-order valence-electron chi connectivity index (χ4n) is 2.73. The van der Waals surface area contributed by atoms with Gasteiger partial charge in [0.05, 0.1) is 18.8 Å². The fourth-order valence-corrected chi connectivity index (χ4v) is 2.73. The molecule has 1 aromatic heterocycles. The number of carbonyl (C=O) groups is 1. The lowest BCUT2D eigenvalue weighted by atomic mass is 10.1. The largest absolute Gasteiger partial charge is 0.444 e. The van der Waals surface area contributed by atoms with Crippen LogP contribution in [0.1, 0.15) is 18.2 Å². The van der Waals surface area contributed by atoms with Gasteiger partial charge in [0.1, 0.15) is 6.26 Å². The monoisotopic (exact) mass is 391 g/mol. The van der Waals surface area contributed by atoms with Crippen LogP contribution < -0.4 is 16.0 Å². The number of amides is 1. The van der Waals surface area contributed by atoms with Crippen LogP contribution in [0.3, 0.4) is 0 Å². The van der Waals surface area contributed by atoms with Crippen molar-refractivity contribution in [2.24, 2.45) is 4.99 Å². The highest BCUT2D eigenvalue weighted by Crippen LogP contribution is 2.17. The summed E-state index contributed by atoms with van der Waals surface area (Å²) in [6, 6.07) is 17.5. The van der Waals surface area contributed by atoms with Crippen LogP contribution in [0.4, 0.5) is 5.69 Å². The predicted molar refractivity (Wildman–Crippen MR) is 115 cm³/mol. The number of oxazole rings is 1. The molecule has 0 saturated heterocycles. The Hall–Kier alpha value is -3.61. The summed E-state index contributed by atoms with van der Waals surface area (Å²) in [6.45, 7) is 2.61. The number of benzene rings is 2. The molecule has 3 N–H and O–H groups in total. The molecule has 29 heavy (non-hydrogen) atoms. The normalized spacial score (nSPS) is 11.2. The van der Waals surface area contributed by atoms with Gasteiger partial charge in [-0.1, -0.05) is 37.3 Å². The number of guanidine groups is 1. The van der Waals surface area contributed by atoms with Crippen molar-refractivity contribution in [1.82, 2.24) is 15.6 Å². The predicted octanol–water partition coefficient (Wildman–Crippen LogP) is 3.21. The first-order valence-corrected chi connectivity index (χ1v) is 9.51. The first-order chi connectivity index (χ1) is 14.2. The first-order valence-electron chi connectivity index (χ1n) is 9.51. The van der Waals surface area contributed by atoms with Crippen molar-refractivity contribution in [2.45, 2.75) is 19.9 Å². The lowest BCUT2D eigenvalue weighted by Gasteiger charge is -2.11. The van der Waals surface area contributed by atoms with Crippen molar-refractivity contribution < 1.29 is 9.21 Å². The van der Waals surface area contributed by atoms with Gasteiger partial charge in [0.15, 0.2) is 5.96 Å². The number of carbonyl (C=O) groups excluding carboxylic acids is 1. The minimum absolute atomic E-state index is 0.101. The first kappa shape index (κ1) is 20.1. The average Bonchev–Trinajstić information content (AvgIpc) is 3.24. The molecule has 7 heteroatoms. The number of hydrogen-bond acceptors (Lipinski definition) is 4. The molecule has 0 aliphatic carbocycles. The third kappa shape index (κ3) is 5.93. The maximum absolute atomic E-state index is 12.2. The molecule has 0 spiro atoms. The molecule has 0 aliphatic rings. The van der Waals surface area contributed by atoms with Gasteiger partial charge in [-0.2, -0.15) is 0 Å². The molecule has 150 valence electrons. The van der Waals surface area contributed by atoms with Gasteiger partial charge in [-0.05, 0) is 36.2 Å². The summed E-state index contributed by atoms with van der Waals surface area (Å²) < 4.78 is 5.52. The van der Waals surface area contributed by atoms with Crippen molar-refractivity contribution >= 4 is 17.6 Å². The minimum Gasteiger partial charge on any atom is -0.444 e. The topological polar surface area (TPSA) is 91.5 Å². The van der Waals surface area contributed by atoms with E-state index < -0.39 is 0 Å². The van der Waals surface area contributed by atoms with Crippen molar-refractivity contribution in [2.75, 3.05) is 18.9 Å². The Morgan fingerprint density at radius 2 is 1.93 bits per heavy atom. The second-order valence-corrected chi connectivity index (χ2v) is 6.39. The zero-order chi connectivity index (χ0) is 20.5. The van der Waals surface area contributed by atoms with E-state index in [1.54, 1.807) is 13.3 Å². The molecule has 2 aromatic carbocycles. The standard InChI is InChI=1S/C22H25N5O2/c1-3-16-8-7-11-18(12-16)26-20(28)14-25-22(23-2)24-13-19-15-29-21(27-19)17-9-5-4-6-10-17/h4-12,15H,3,13-14H2,1-2H3,(H,26,28)(H2,23,24,25). The smallest absolute Gasteiger partial charge is 0.243 e. The van der Waals surface area contributed by atoms with E-state index in [-0.39, 0.29) is 12.5 Å². The molecule has 0 bridgehead atoms. The van der Waals surface area contributed by atoms with E-state index in [1.165, 1.54) is 5.56 Å². The highest BCUT2D eigenvalue weighted by molar-refractivity contribution is 5.95. The van der Waals surface area contributed by atoms with Gasteiger partial charge in [-0.15, -0.1) is 0 Å². The van der Waals surface area contributed by atoms with Crippen molar-refractivity contribution in [3.05, 3.63) is 72.1 Å². The number of aromatic nitrogens is 1. The molecule has 0 radical (unpaired) electrons. The van der Waals surface area contributed by atoms with E-state index in [2.05, 4.69) is 32.9 Å². The Morgan fingerprint density at radius 3 is 2.69 bits per heavy atom. The summed E-state index contributed by atoms with van der Waals surface area (Å²) >= 11 is 0. The Balaban J connectivity index is 1.47. The molecule has 0 saturated carbocycles. The summed E-state index contributed by atoms with van der Waals surface area (Å²) in [4.78, 5) is 20.8. The average molecular weight is 391 g/mol. The summed E-state index contributed by atoms with van der Waals surface area (Å²) in [5.74, 6) is 0.930. The molecule has 3 rings (SSSR count). The van der Waals surface area contributed by atoms with Crippen molar-refractivity contribution in [3.63, 3.8) is 0 Å². The quantitative estimate of drug-likeness (QED) is 0.425. The highest BCUT2D eigenvalue weighted by Gasteiger charge is 2.08. The molecule has 0 unspecified atom stereocenters. The van der Waals surface area contributed by atoms with Crippen LogP contribution in [0.15, 0.2) is 70.3 Å². The minimum atomic E-state index is -0.144. The van der Waals surface area contributed by atoms with Crippen molar-refractivity contribution in [3.8, 4) is 11.5 Å². The van der Waals surface area contributed by atoms with E-state index >= 15 is 0 Å². The molecule has 0 atom stereocenters. The van der Waals surface area contributed by atoms with Gasteiger partial charge in [0.25, 0.3) is 0 Å². The van der Waals surface area contributed by atoms with Crippen LogP contribution in [0.5, 0.6) is 0 Å². The molecule has 1 heterocycles. The third-order valence-corrected chi connectivity index (χ3v) is 4.27. The second-order valence-electron chi connectivity index (χ2n) is 6.39. The van der Waals surface area contributed by atoms with Gasteiger partial charge in [0, 0.05) is 18.3 Å². The Morgan fingerprint density at radius 1 is 1.10 bits per heavy atom. The number of nitrogens with one attached hydrogen (secondary N) is 3. The maximum Gasteiger partial charge on any atom is 0.243 e. The second kappa shape index (κ2) is 10.1. The lowest BCUT2D eigenvalue weighted by molar-refractivity contribution is -0.115.